The summed E-state index contributed by atoms with van der Waals surface area (Å²) in [6, 6.07) is 6.12. The fourth-order valence-electron chi connectivity index (χ4n) is 6.87. The highest BCUT2D eigenvalue weighted by molar-refractivity contribution is 5.80. The normalized spacial score (nSPS) is 17.8. The van der Waals surface area contributed by atoms with Gasteiger partial charge in [-0.2, -0.15) is 0 Å². The standard InChI is InChI=1S/C49H81N5O12/c1-45(2,3)62-39(55)31-51-23-24-52(32-40(56)63-46(4,5)6)27-28-54(34-42(58)65-48(10,11)12)37(30-53(26-25-51)33-41(57)64-47(7,8)9)29-36-21-19-35(20-22-36)17-16-18-38(43(59)60)50-44(61)66-49(13,14)15/h16-17,19-22,37-38H,18,23-34H2,1-15H3,(H,50,61)(H,59,60)/b17-16+/t37-,38-/m0/s1. The molecule has 2 N–H and O–H groups in total. The second-order valence-corrected chi connectivity index (χ2v) is 21.9. The van der Waals surface area contributed by atoms with Crippen LogP contribution in [0.2, 0.25) is 0 Å². The minimum absolute atomic E-state index is 0.00989. The summed E-state index contributed by atoms with van der Waals surface area (Å²) in [5, 5.41) is 12.1. The smallest absolute Gasteiger partial charge is 0.408 e. The average Bonchev–Trinajstić information content (AvgIpc) is 3.09. The Bertz CT molecular complexity index is 1780. The van der Waals surface area contributed by atoms with Crippen molar-refractivity contribution in [3.63, 3.8) is 0 Å². The summed E-state index contributed by atoms with van der Waals surface area (Å²) in [6.07, 6.45) is 3.08. The van der Waals surface area contributed by atoms with Crippen molar-refractivity contribution in [1.82, 2.24) is 24.9 Å². The van der Waals surface area contributed by atoms with E-state index in [1.165, 1.54) is 0 Å². The topological polar surface area (TPSA) is 194 Å². The van der Waals surface area contributed by atoms with Crippen molar-refractivity contribution in [2.45, 2.75) is 157 Å². The Hall–Kier alpha value is -4.58. The van der Waals surface area contributed by atoms with Crippen LogP contribution in [0.15, 0.2) is 30.3 Å². The molecule has 374 valence electrons. The predicted molar refractivity (Wildman–Crippen MR) is 253 cm³/mol. The van der Waals surface area contributed by atoms with Gasteiger partial charge in [0.05, 0.1) is 26.2 Å². The van der Waals surface area contributed by atoms with Crippen molar-refractivity contribution in [3.8, 4) is 0 Å². The molecule has 0 radical (unpaired) electrons. The number of benzene rings is 1. The van der Waals surface area contributed by atoms with Crippen LogP contribution in [0.4, 0.5) is 4.79 Å². The summed E-state index contributed by atoms with van der Waals surface area (Å²) in [4.78, 5) is 85.8. The van der Waals surface area contributed by atoms with Crippen LogP contribution in [0.3, 0.4) is 0 Å². The number of carboxylic acids is 1. The molecule has 2 rings (SSSR count). The molecule has 1 aromatic rings. The molecule has 0 spiro atoms. The van der Waals surface area contributed by atoms with Gasteiger partial charge in [-0.05, 0) is 128 Å². The van der Waals surface area contributed by atoms with Crippen LogP contribution < -0.4 is 5.32 Å². The number of carbonyl (C=O) groups excluding carboxylic acids is 5. The summed E-state index contributed by atoms with van der Waals surface area (Å²) >= 11 is 0. The van der Waals surface area contributed by atoms with Gasteiger partial charge in [-0.25, -0.2) is 9.59 Å². The van der Waals surface area contributed by atoms with E-state index in [4.69, 9.17) is 23.7 Å². The maximum Gasteiger partial charge on any atom is 0.408 e. The second kappa shape index (κ2) is 25.0. The number of carbonyl (C=O) groups is 6. The first kappa shape index (κ1) is 57.5. The van der Waals surface area contributed by atoms with Crippen molar-refractivity contribution >= 4 is 42.0 Å². The highest BCUT2D eigenvalue weighted by Gasteiger charge is 2.31. The van der Waals surface area contributed by atoms with Crippen LogP contribution in [0, 0.1) is 0 Å². The van der Waals surface area contributed by atoms with E-state index in [0.717, 1.165) is 11.1 Å². The van der Waals surface area contributed by atoms with Crippen molar-refractivity contribution in [3.05, 3.63) is 41.5 Å². The lowest BCUT2D eigenvalue weighted by Gasteiger charge is -2.39. The fourth-order valence-corrected chi connectivity index (χ4v) is 6.87. The van der Waals surface area contributed by atoms with Crippen LogP contribution in [-0.4, -0.2) is 173 Å². The highest BCUT2D eigenvalue weighted by Crippen LogP contribution is 2.18. The third-order valence-electron chi connectivity index (χ3n) is 9.35. The van der Waals surface area contributed by atoms with Crippen molar-refractivity contribution in [2.75, 3.05) is 72.0 Å². The molecule has 0 saturated carbocycles. The Morgan fingerprint density at radius 1 is 0.576 bits per heavy atom. The largest absolute Gasteiger partial charge is 0.480 e. The van der Waals surface area contributed by atoms with Gasteiger partial charge in [0.2, 0.25) is 0 Å². The second-order valence-electron chi connectivity index (χ2n) is 21.9. The van der Waals surface area contributed by atoms with Crippen molar-refractivity contribution in [2.24, 2.45) is 0 Å². The first-order valence-electron chi connectivity index (χ1n) is 22.9. The predicted octanol–water partition coefficient (Wildman–Crippen LogP) is 5.57. The van der Waals surface area contributed by atoms with Gasteiger partial charge in [-0.15, -0.1) is 0 Å². The minimum atomic E-state index is -1.20. The van der Waals surface area contributed by atoms with Crippen LogP contribution in [0.25, 0.3) is 6.08 Å². The molecule has 2 atom stereocenters. The summed E-state index contributed by atoms with van der Waals surface area (Å²) < 4.78 is 28.3. The SMILES string of the molecule is CC(C)(C)OC(=O)CN1CCN(CC(=O)OC(C)(C)C)CCN(CC(=O)OC(C)(C)C)[C@@H](Cc2ccc(/C=C/C[C@H](NC(=O)OC(C)(C)C)C(=O)O)cc2)CN(CC(=O)OC(C)(C)C)CC1. The van der Waals surface area contributed by atoms with Gasteiger partial charge in [0.15, 0.2) is 0 Å². The van der Waals surface area contributed by atoms with E-state index >= 15 is 0 Å². The number of hydrogen-bond acceptors (Lipinski definition) is 15. The lowest BCUT2D eigenvalue weighted by molar-refractivity contribution is -0.160. The molecule has 0 aliphatic carbocycles. The molecule has 1 amide bonds. The van der Waals surface area contributed by atoms with Gasteiger partial charge < -0.3 is 34.1 Å². The number of carboxylic acid groups (broad SMARTS) is 1. The molecule has 1 aliphatic heterocycles. The third-order valence-corrected chi connectivity index (χ3v) is 9.35. The van der Waals surface area contributed by atoms with Crippen LogP contribution in [0.5, 0.6) is 0 Å². The number of ether oxygens (including phenoxy) is 5. The molecule has 0 bridgehead atoms. The van der Waals surface area contributed by atoms with Gasteiger partial charge in [0, 0.05) is 51.9 Å². The summed E-state index contributed by atoms with van der Waals surface area (Å²) in [5.41, 5.74) is -1.95. The molecule has 1 saturated heterocycles. The van der Waals surface area contributed by atoms with E-state index in [0.29, 0.717) is 52.2 Å². The van der Waals surface area contributed by atoms with E-state index in [1.54, 1.807) is 32.9 Å². The monoisotopic (exact) mass is 932 g/mol. The Morgan fingerprint density at radius 3 is 1.36 bits per heavy atom. The highest BCUT2D eigenvalue weighted by atomic mass is 16.6. The molecule has 1 heterocycles. The zero-order valence-electron chi connectivity index (χ0n) is 42.5. The number of hydrogen-bond donors (Lipinski definition) is 2. The number of rotatable bonds is 15. The number of amides is 1. The number of alkyl carbamates (subject to hydrolysis) is 1. The Balaban J connectivity index is 2.61. The van der Waals surface area contributed by atoms with Gasteiger partial charge in [-0.1, -0.05) is 36.4 Å². The zero-order valence-corrected chi connectivity index (χ0v) is 42.5. The minimum Gasteiger partial charge on any atom is -0.480 e. The Labute approximate surface area is 393 Å². The number of nitrogens with one attached hydrogen (secondary N) is 1. The maximum absolute atomic E-state index is 13.7. The molecule has 17 heteroatoms. The zero-order chi connectivity index (χ0) is 50.3. The van der Waals surface area contributed by atoms with E-state index in [9.17, 15) is 33.9 Å². The Morgan fingerprint density at radius 2 is 0.955 bits per heavy atom. The van der Waals surface area contributed by atoms with Gasteiger partial charge in [-0.3, -0.25) is 38.8 Å². The Kier molecular flexibility index (Phi) is 21.8. The quantitative estimate of drug-likeness (QED) is 0.164. The maximum atomic E-state index is 13.7. The molecular weight excluding hydrogens is 851 g/mol. The van der Waals surface area contributed by atoms with Crippen LogP contribution in [0.1, 0.15) is 121 Å². The molecule has 1 aromatic carbocycles. The van der Waals surface area contributed by atoms with E-state index in [2.05, 4.69) is 5.32 Å². The summed E-state index contributed by atoms with van der Waals surface area (Å²) in [7, 11) is 0. The summed E-state index contributed by atoms with van der Waals surface area (Å²) in [6.45, 7) is 29.2. The molecule has 1 fully saturated rings. The lowest BCUT2D eigenvalue weighted by Crippen LogP contribution is -2.54. The van der Waals surface area contributed by atoms with E-state index < -0.39 is 70.0 Å². The lowest BCUT2D eigenvalue weighted by atomic mass is 10.0. The first-order chi connectivity index (χ1) is 30.1. The third kappa shape index (κ3) is 26.5. The first-order valence-corrected chi connectivity index (χ1v) is 22.9. The number of esters is 4. The fraction of sp³-hybridized carbons (Fsp3) is 0.714. The van der Waals surface area contributed by atoms with E-state index in [1.807, 2.05) is 127 Å². The molecule has 1 aliphatic rings. The number of nitrogens with zero attached hydrogens (tertiary/aromatic N) is 4. The average molecular weight is 932 g/mol. The molecule has 0 unspecified atom stereocenters. The van der Waals surface area contributed by atoms with Gasteiger partial charge >= 0.3 is 35.9 Å². The van der Waals surface area contributed by atoms with Crippen molar-refractivity contribution in [1.29, 1.82) is 0 Å². The van der Waals surface area contributed by atoms with E-state index in [-0.39, 0.29) is 38.6 Å². The molecular formula is C49H81N5O12. The molecule has 0 aromatic heterocycles. The molecule has 66 heavy (non-hydrogen) atoms. The van der Waals surface area contributed by atoms with Gasteiger partial charge in [0.1, 0.15) is 34.0 Å². The van der Waals surface area contributed by atoms with Gasteiger partial charge in [0.25, 0.3) is 0 Å². The molecule has 17 nitrogen and oxygen atoms in total. The van der Waals surface area contributed by atoms with Crippen LogP contribution in [-0.2, 0) is 54.1 Å². The number of aliphatic carboxylic acids is 1. The van der Waals surface area contributed by atoms with Crippen LogP contribution >= 0.6 is 0 Å². The summed E-state index contributed by atoms with van der Waals surface area (Å²) in [5.74, 6) is -2.85. The van der Waals surface area contributed by atoms with Crippen molar-refractivity contribution < 1.29 is 57.6 Å².